The van der Waals surface area contributed by atoms with E-state index < -0.39 is 0 Å². The molecular formula is C14H22BrNO. The van der Waals surface area contributed by atoms with Crippen molar-refractivity contribution in [1.82, 2.24) is 5.32 Å². The summed E-state index contributed by atoms with van der Waals surface area (Å²) >= 11 is 3.55. The molecule has 0 radical (unpaired) electrons. The molecule has 1 rings (SSSR count). The highest BCUT2D eigenvalue weighted by atomic mass is 79.9. The maximum absolute atomic E-state index is 5.81. The van der Waals surface area contributed by atoms with Crippen molar-refractivity contribution in [3.05, 3.63) is 27.7 Å². The Morgan fingerprint density at radius 1 is 1.35 bits per heavy atom. The molecule has 0 aliphatic heterocycles. The molecule has 1 aromatic rings. The van der Waals surface area contributed by atoms with Crippen molar-refractivity contribution in [2.24, 2.45) is 0 Å². The van der Waals surface area contributed by atoms with E-state index in [4.69, 9.17) is 4.74 Å². The predicted molar refractivity (Wildman–Crippen MR) is 76.9 cm³/mol. The van der Waals surface area contributed by atoms with Crippen molar-refractivity contribution in [3.8, 4) is 5.75 Å². The van der Waals surface area contributed by atoms with Crippen LogP contribution >= 0.6 is 15.9 Å². The van der Waals surface area contributed by atoms with E-state index in [2.05, 4.69) is 61.1 Å². The van der Waals surface area contributed by atoms with Gasteiger partial charge < -0.3 is 10.1 Å². The summed E-state index contributed by atoms with van der Waals surface area (Å²) in [7, 11) is 0. The van der Waals surface area contributed by atoms with Crippen molar-refractivity contribution in [1.29, 1.82) is 0 Å². The molecule has 0 spiro atoms. The maximum atomic E-state index is 5.81. The van der Waals surface area contributed by atoms with E-state index in [1.807, 2.05) is 0 Å². The lowest BCUT2D eigenvalue weighted by molar-refractivity contribution is 0.302. The molecule has 0 amide bonds. The van der Waals surface area contributed by atoms with E-state index in [0.29, 0.717) is 12.6 Å². The molecule has 0 aromatic heterocycles. The van der Waals surface area contributed by atoms with Gasteiger partial charge in [0.1, 0.15) is 12.4 Å². The molecule has 0 aliphatic carbocycles. The van der Waals surface area contributed by atoms with Gasteiger partial charge in [0.05, 0.1) is 4.47 Å². The smallest absolute Gasteiger partial charge is 0.136 e. The second-order valence-electron chi connectivity index (χ2n) is 4.50. The minimum absolute atomic E-state index is 0.557. The third-order valence-electron chi connectivity index (χ3n) is 2.83. The lowest BCUT2D eigenvalue weighted by Crippen LogP contribution is -2.29. The van der Waals surface area contributed by atoms with Gasteiger partial charge in [-0.25, -0.2) is 0 Å². The first-order chi connectivity index (χ1) is 8.04. The highest BCUT2D eigenvalue weighted by molar-refractivity contribution is 9.10. The standard InChI is InChI=1S/C14H22BrNO/c1-5-12(4)16-6-7-17-14-11(3)8-10(2)9-13(14)15/h8-9,12,16H,5-7H2,1-4H3/t12-/m1/s1. The third-order valence-corrected chi connectivity index (χ3v) is 3.42. The molecule has 2 nitrogen and oxygen atoms in total. The lowest BCUT2D eigenvalue weighted by Gasteiger charge is -2.14. The summed E-state index contributed by atoms with van der Waals surface area (Å²) in [4.78, 5) is 0. The van der Waals surface area contributed by atoms with Crippen molar-refractivity contribution in [3.63, 3.8) is 0 Å². The summed E-state index contributed by atoms with van der Waals surface area (Å²) in [6, 6.07) is 4.79. The van der Waals surface area contributed by atoms with Gasteiger partial charge in [-0.1, -0.05) is 13.0 Å². The third kappa shape index (κ3) is 4.68. The highest BCUT2D eigenvalue weighted by Crippen LogP contribution is 2.29. The van der Waals surface area contributed by atoms with Crippen LogP contribution in [0.3, 0.4) is 0 Å². The van der Waals surface area contributed by atoms with E-state index in [1.54, 1.807) is 0 Å². The Labute approximate surface area is 113 Å². The van der Waals surface area contributed by atoms with Gasteiger partial charge >= 0.3 is 0 Å². The van der Waals surface area contributed by atoms with Gasteiger partial charge in [-0.3, -0.25) is 0 Å². The molecule has 0 bridgehead atoms. The van der Waals surface area contributed by atoms with Gasteiger partial charge in [-0.05, 0) is 60.3 Å². The summed E-state index contributed by atoms with van der Waals surface area (Å²) in [5.74, 6) is 0.960. The van der Waals surface area contributed by atoms with Crippen LogP contribution in [0.4, 0.5) is 0 Å². The van der Waals surface area contributed by atoms with Crippen LogP contribution in [0, 0.1) is 13.8 Å². The first kappa shape index (κ1) is 14.5. The molecule has 17 heavy (non-hydrogen) atoms. The maximum Gasteiger partial charge on any atom is 0.136 e. The van der Waals surface area contributed by atoms with Gasteiger partial charge in [0.2, 0.25) is 0 Å². The van der Waals surface area contributed by atoms with E-state index >= 15 is 0 Å². The Morgan fingerprint density at radius 2 is 2.06 bits per heavy atom. The Balaban J connectivity index is 2.47. The molecule has 1 aromatic carbocycles. The second-order valence-corrected chi connectivity index (χ2v) is 5.36. The highest BCUT2D eigenvalue weighted by Gasteiger charge is 2.06. The minimum Gasteiger partial charge on any atom is -0.491 e. The fourth-order valence-electron chi connectivity index (χ4n) is 1.69. The topological polar surface area (TPSA) is 21.3 Å². The summed E-state index contributed by atoms with van der Waals surface area (Å²) in [6.45, 7) is 10.1. The quantitative estimate of drug-likeness (QED) is 0.806. The van der Waals surface area contributed by atoms with E-state index in [-0.39, 0.29) is 0 Å². The van der Waals surface area contributed by atoms with Crippen molar-refractivity contribution in [2.45, 2.75) is 40.2 Å². The van der Waals surface area contributed by atoms with Crippen LogP contribution in [0.1, 0.15) is 31.4 Å². The molecule has 1 atom stereocenters. The van der Waals surface area contributed by atoms with Crippen LogP contribution in [0.25, 0.3) is 0 Å². The number of rotatable bonds is 6. The number of benzene rings is 1. The molecule has 0 heterocycles. The zero-order chi connectivity index (χ0) is 12.8. The monoisotopic (exact) mass is 299 g/mol. The van der Waals surface area contributed by atoms with Gasteiger partial charge in [0.15, 0.2) is 0 Å². The fraction of sp³-hybridized carbons (Fsp3) is 0.571. The van der Waals surface area contributed by atoms with E-state index in [9.17, 15) is 0 Å². The van der Waals surface area contributed by atoms with Gasteiger partial charge in [-0.2, -0.15) is 0 Å². The number of hydrogen-bond donors (Lipinski definition) is 1. The number of halogens is 1. The SMILES string of the molecule is CC[C@@H](C)NCCOc1c(C)cc(C)cc1Br. The number of hydrogen-bond acceptors (Lipinski definition) is 2. The van der Waals surface area contributed by atoms with Crippen molar-refractivity contribution in [2.75, 3.05) is 13.2 Å². The molecule has 96 valence electrons. The van der Waals surface area contributed by atoms with Crippen LogP contribution in [0.2, 0.25) is 0 Å². The normalized spacial score (nSPS) is 12.5. The van der Waals surface area contributed by atoms with Gasteiger partial charge in [-0.15, -0.1) is 0 Å². The molecule has 1 N–H and O–H groups in total. The van der Waals surface area contributed by atoms with E-state index in [0.717, 1.165) is 23.2 Å². The summed E-state index contributed by atoms with van der Waals surface area (Å²) in [5.41, 5.74) is 2.43. The molecule has 3 heteroatoms. The summed E-state index contributed by atoms with van der Waals surface area (Å²) in [5, 5.41) is 3.41. The van der Waals surface area contributed by atoms with Crippen LogP contribution in [-0.2, 0) is 0 Å². The van der Waals surface area contributed by atoms with Crippen molar-refractivity contribution < 1.29 is 4.74 Å². The molecule has 0 fully saturated rings. The number of ether oxygens (including phenoxy) is 1. The van der Waals surface area contributed by atoms with Crippen LogP contribution in [-0.4, -0.2) is 19.2 Å². The molecule has 0 unspecified atom stereocenters. The average molecular weight is 300 g/mol. The summed E-state index contributed by atoms with van der Waals surface area (Å²) < 4.78 is 6.85. The van der Waals surface area contributed by atoms with Crippen molar-refractivity contribution >= 4 is 15.9 Å². The first-order valence-electron chi connectivity index (χ1n) is 6.17. The molecule has 0 saturated carbocycles. The number of nitrogens with one attached hydrogen (secondary N) is 1. The van der Waals surface area contributed by atoms with Crippen LogP contribution < -0.4 is 10.1 Å². The molecular weight excluding hydrogens is 278 g/mol. The average Bonchev–Trinajstić information content (AvgIpc) is 2.26. The zero-order valence-corrected chi connectivity index (χ0v) is 12.7. The Hall–Kier alpha value is -0.540. The molecule has 0 saturated heterocycles. The minimum atomic E-state index is 0.557. The Kier molecular flexibility index (Phi) is 6.00. The fourth-order valence-corrected chi connectivity index (χ4v) is 2.48. The second kappa shape index (κ2) is 7.02. The van der Waals surface area contributed by atoms with E-state index in [1.165, 1.54) is 11.1 Å². The predicted octanol–water partition coefficient (Wildman–Crippen LogP) is 3.83. The van der Waals surface area contributed by atoms with Crippen LogP contribution in [0.15, 0.2) is 16.6 Å². The van der Waals surface area contributed by atoms with Gasteiger partial charge in [0, 0.05) is 12.6 Å². The summed E-state index contributed by atoms with van der Waals surface area (Å²) in [6.07, 6.45) is 1.15. The van der Waals surface area contributed by atoms with Gasteiger partial charge in [0.25, 0.3) is 0 Å². The lowest BCUT2D eigenvalue weighted by atomic mass is 10.1. The zero-order valence-electron chi connectivity index (χ0n) is 11.1. The Bertz CT molecular complexity index is 342. The molecule has 0 aliphatic rings. The Morgan fingerprint density at radius 3 is 2.65 bits per heavy atom. The largest absolute Gasteiger partial charge is 0.491 e. The first-order valence-corrected chi connectivity index (χ1v) is 6.96. The van der Waals surface area contributed by atoms with Crippen LogP contribution in [0.5, 0.6) is 5.75 Å². The number of aryl methyl sites for hydroxylation is 2.